The van der Waals surface area contributed by atoms with Gasteiger partial charge in [-0.3, -0.25) is 13.9 Å². The summed E-state index contributed by atoms with van der Waals surface area (Å²) in [6, 6.07) is 28.3. The number of hydrogen-bond donors (Lipinski definition) is 1. The third-order valence-electron chi connectivity index (χ3n) is 8.21. The Kier molecular flexibility index (Phi) is 11.1. The minimum atomic E-state index is -4.30. The van der Waals surface area contributed by atoms with Crippen LogP contribution in [0.15, 0.2) is 114 Å². The first kappa shape index (κ1) is 33.2. The number of hydrogen-bond acceptors (Lipinski definition) is 4. The van der Waals surface area contributed by atoms with E-state index in [9.17, 15) is 22.4 Å². The Hall–Kier alpha value is -4.21. The highest BCUT2D eigenvalue weighted by Crippen LogP contribution is 2.26. The van der Waals surface area contributed by atoms with Crippen molar-refractivity contribution in [1.29, 1.82) is 0 Å². The van der Waals surface area contributed by atoms with Crippen LogP contribution in [0.5, 0.6) is 0 Å². The number of rotatable bonds is 12. The maximum atomic E-state index is 14.5. The van der Waals surface area contributed by atoms with Gasteiger partial charge in [0.1, 0.15) is 18.4 Å². The van der Waals surface area contributed by atoms with Crippen LogP contribution in [0.1, 0.15) is 43.2 Å². The third-order valence-corrected chi connectivity index (χ3v) is 10.3. The van der Waals surface area contributed by atoms with E-state index < -0.39 is 34.3 Å². The number of amides is 2. The van der Waals surface area contributed by atoms with E-state index in [1.54, 1.807) is 54.6 Å². The molecule has 46 heavy (non-hydrogen) atoms. The predicted molar refractivity (Wildman–Crippen MR) is 178 cm³/mol. The molecule has 2 amide bonds. The van der Waals surface area contributed by atoms with Crippen LogP contribution in [0.3, 0.4) is 0 Å². The van der Waals surface area contributed by atoms with Gasteiger partial charge in [0.25, 0.3) is 10.0 Å². The van der Waals surface area contributed by atoms with E-state index in [-0.39, 0.29) is 35.5 Å². The quantitative estimate of drug-likeness (QED) is 0.182. The number of carbonyl (C=O) groups excluding carboxylic acids is 2. The molecule has 7 nitrogen and oxygen atoms in total. The van der Waals surface area contributed by atoms with E-state index in [2.05, 4.69) is 5.32 Å². The smallest absolute Gasteiger partial charge is 0.264 e. The van der Waals surface area contributed by atoms with Crippen LogP contribution in [-0.2, 0) is 32.6 Å². The molecule has 0 bridgehead atoms. The van der Waals surface area contributed by atoms with Gasteiger partial charge in [-0.2, -0.15) is 0 Å². The molecule has 0 unspecified atom stereocenters. The molecule has 1 aliphatic carbocycles. The Morgan fingerprint density at radius 3 is 2.04 bits per heavy atom. The zero-order valence-corrected chi connectivity index (χ0v) is 27.0. The van der Waals surface area contributed by atoms with Gasteiger partial charge < -0.3 is 10.2 Å². The topological polar surface area (TPSA) is 86.8 Å². The van der Waals surface area contributed by atoms with E-state index in [0.29, 0.717) is 5.02 Å². The Balaban J connectivity index is 1.54. The number of sulfonamides is 1. The van der Waals surface area contributed by atoms with E-state index in [0.717, 1.165) is 59.7 Å². The monoisotopic (exact) mass is 661 g/mol. The zero-order valence-electron chi connectivity index (χ0n) is 25.4. The highest BCUT2D eigenvalue weighted by molar-refractivity contribution is 7.92. The molecule has 0 heterocycles. The van der Waals surface area contributed by atoms with E-state index >= 15 is 0 Å². The van der Waals surface area contributed by atoms with E-state index in [4.69, 9.17) is 11.6 Å². The summed E-state index contributed by atoms with van der Waals surface area (Å²) in [5, 5.41) is 3.72. The van der Waals surface area contributed by atoms with Crippen LogP contribution in [0.25, 0.3) is 0 Å². The second-order valence-corrected chi connectivity index (χ2v) is 13.8. The molecule has 0 aromatic heterocycles. The summed E-state index contributed by atoms with van der Waals surface area (Å²) in [6.45, 7) is -0.538. The second-order valence-electron chi connectivity index (χ2n) is 11.5. The molecule has 1 N–H and O–H groups in total. The standard InChI is InChI=1S/C36H37ClFN3O4S/c37-29-18-16-28(17-19-29)25-40(34(24-27-10-4-1-5-11-27)36(43)39-31-12-6-2-7-13-31)35(42)26-41(32-14-8-3-9-15-32)46(44,45)33-22-20-30(38)21-23-33/h1,3-5,8-11,14-23,31,34H,2,6-7,12-13,24-26H2,(H,39,43)/t34-/m1/s1. The molecule has 0 spiro atoms. The molecular formula is C36H37ClFN3O4S. The van der Waals surface area contributed by atoms with Gasteiger partial charge in [0.2, 0.25) is 11.8 Å². The summed E-state index contributed by atoms with van der Waals surface area (Å²) in [4.78, 5) is 29.9. The van der Waals surface area contributed by atoms with Crippen molar-refractivity contribution < 1.29 is 22.4 Å². The Labute approximate surface area is 275 Å². The van der Waals surface area contributed by atoms with Crippen molar-refractivity contribution in [2.24, 2.45) is 0 Å². The summed E-state index contributed by atoms with van der Waals surface area (Å²) in [6.07, 6.45) is 5.14. The van der Waals surface area contributed by atoms with Crippen molar-refractivity contribution in [1.82, 2.24) is 10.2 Å². The average molecular weight is 662 g/mol. The molecule has 1 aliphatic rings. The van der Waals surface area contributed by atoms with Gasteiger partial charge in [-0.15, -0.1) is 0 Å². The number of halogens is 2. The highest BCUT2D eigenvalue weighted by Gasteiger charge is 2.35. The summed E-state index contributed by atoms with van der Waals surface area (Å²) >= 11 is 6.15. The molecular weight excluding hydrogens is 625 g/mol. The van der Waals surface area contributed by atoms with Gasteiger partial charge in [-0.05, 0) is 72.5 Å². The minimum Gasteiger partial charge on any atom is -0.352 e. The van der Waals surface area contributed by atoms with Crippen LogP contribution in [0, 0.1) is 5.82 Å². The first-order chi connectivity index (χ1) is 22.2. The van der Waals surface area contributed by atoms with E-state index in [1.807, 2.05) is 30.3 Å². The molecule has 0 saturated heterocycles. The third kappa shape index (κ3) is 8.53. The molecule has 1 saturated carbocycles. The predicted octanol–water partition coefficient (Wildman–Crippen LogP) is 6.76. The summed E-state index contributed by atoms with van der Waals surface area (Å²) in [5.41, 5.74) is 1.85. The molecule has 1 atom stereocenters. The molecule has 4 aromatic rings. The van der Waals surface area contributed by atoms with Gasteiger partial charge in [-0.1, -0.05) is 91.5 Å². The average Bonchev–Trinajstić information content (AvgIpc) is 3.07. The minimum absolute atomic E-state index is 0.00618. The van der Waals surface area contributed by atoms with Gasteiger partial charge in [0.15, 0.2) is 0 Å². The van der Waals surface area contributed by atoms with Crippen LogP contribution >= 0.6 is 11.6 Å². The molecule has 5 rings (SSSR count). The largest absolute Gasteiger partial charge is 0.352 e. The van der Waals surface area contributed by atoms with Gasteiger partial charge >= 0.3 is 0 Å². The Morgan fingerprint density at radius 2 is 1.41 bits per heavy atom. The lowest BCUT2D eigenvalue weighted by molar-refractivity contribution is -0.140. The molecule has 4 aromatic carbocycles. The summed E-state index contributed by atoms with van der Waals surface area (Å²) < 4.78 is 42.7. The number of nitrogens with one attached hydrogen (secondary N) is 1. The number of para-hydroxylation sites is 1. The maximum absolute atomic E-state index is 14.5. The van der Waals surface area contributed by atoms with Crippen LogP contribution in [0.2, 0.25) is 5.02 Å². The van der Waals surface area contributed by atoms with Gasteiger partial charge in [0, 0.05) is 24.0 Å². The molecule has 0 radical (unpaired) electrons. The van der Waals surface area contributed by atoms with Crippen molar-refractivity contribution in [2.45, 2.75) is 62.0 Å². The Morgan fingerprint density at radius 1 is 0.804 bits per heavy atom. The summed E-state index contributed by atoms with van der Waals surface area (Å²) in [7, 11) is -4.30. The Bertz CT molecular complexity index is 1700. The van der Waals surface area contributed by atoms with Crippen LogP contribution < -0.4 is 9.62 Å². The fourth-order valence-corrected chi connectivity index (χ4v) is 7.28. The van der Waals surface area contributed by atoms with E-state index in [1.165, 1.54) is 17.0 Å². The number of nitrogens with zero attached hydrogens (tertiary/aromatic N) is 2. The fourth-order valence-electron chi connectivity index (χ4n) is 5.74. The summed E-state index contributed by atoms with van der Waals surface area (Å²) in [5.74, 6) is -1.43. The van der Waals surface area contributed by atoms with Crippen molar-refractivity contribution in [2.75, 3.05) is 10.8 Å². The molecule has 0 aliphatic heterocycles. The van der Waals surface area contributed by atoms with Crippen LogP contribution in [0.4, 0.5) is 10.1 Å². The molecule has 10 heteroatoms. The fraction of sp³-hybridized carbons (Fsp3) is 0.278. The van der Waals surface area contributed by atoms with Crippen molar-refractivity contribution in [3.05, 3.63) is 131 Å². The first-order valence-corrected chi connectivity index (χ1v) is 17.2. The van der Waals surface area contributed by atoms with Crippen molar-refractivity contribution in [3.63, 3.8) is 0 Å². The normalized spacial score (nSPS) is 14.3. The molecule has 1 fully saturated rings. The second kappa shape index (κ2) is 15.4. The van der Waals surface area contributed by atoms with Crippen molar-refractivity contribution in [3.8, 4) is 0 Å². The van der Waals surface area contributed by atoms with Crippen LogP contribution in [-0.4, -0.2) is 43.8 Å². The maximum Gasteiger partial charge on any atom is 0.264 e. The van der Waals surface area contributed by atoms with Crippen molar-refractivity contribution >= 4 is 39.1 Å². The van der Waals surface area contributed by atoms with Gasteiger partial charge in [0.05, 0.1) is 10.6 Å². The molecule has 240 valence electrons. The number of benzene rings is 4. The lowest BCUT2D eigenvalue weighted by atomic mass is 9.94. The number of carbonyl (C=O) groups is 2. The lowest BCUT2D eigenvalue weighted by Gasteiger charge is -2.35. The zero-order chi connectivity index (χ0) is 32.5. The number of anilines is 1. The SMILES string of the molecule is O=C(NC1CCCCC1)[C@@H](Cc1ccccc1)N(Cc1ccc(Cl)cc1)C(=O)CN(c1ccccc1)S(=O)(=O)c1ccc(F)cc1. The van der Waals surface area contributed by atoms with Gasteiger partial charge in [-0.25, -0.2) is 12.8 Å². The lowest BCUT2D eigenvalue weighted by Crippen LogP contribution is -2.55. The highest BCUT2D eigenvalue weighted by atomic mass is 35.5. The first-order valence-electron chi connectivity index (χ1n) is 15.4.